The minimum Gasteiger partial charge on any atom is -0.333 e. The van der Waals surface area contributed by atoms with Gasteiger partial charge in [0.1, 0.15) is 0 Å². The van der Waals surface area contributed by atoms with Gasteiger partial charge in [-0.05, 0) is 13.8 Å². The van der Waals surface area contributed by atoms with Crippen LogP contribution in [0.4, 0.5) is 0 Å². The summed E-state index contributed by atoms with van der Waals surface area (Å²) < 4.78 is 1.00. The Hall–Kier alpha value is -0.820. The van der Waals surface area contributed by atoms with Gasteiger partial charge < -0.3 is 4.48 Å². The molecular formula is C12H22N+. The molecule has 74 valence electrons. The monoisotopic (exact) mass is 180 g/mol. The highest BCUT2D eigenvalue weighted by atomic mass is 15.2. The SMILES string of the molecule is C[N+](C)(C)C.Cc1cccc(C)c1. The van der Waals surface area contributed by atoms with E-state index >= 15 is 0 Å². The second-order valence-corrected chi connectivity index (χ2v) is 4.84. The molecule has 0 amide bonds. The molecule has 0 aliphatic carbocycles. The number of nitrogens with zero attached hydrogens (tertiary/aromatic N) is 1. The maximum Gasteiger partial charge on any atom is 0.0675 e. The van der Waals surface area contributed by atoms with Crippen LogP contribution in [0.1, 0.15) is 11.1 Å². The molecule has 0 spiro atoms. The summed E-state index contributed by atoms with van der Waals surface area (Å²) in [6.07, 6.45) is 0. The largest absolute Gasteiger partial charge is 0.333 e. The minimum atomic E-state index is 1.00. The lowest BCUT2D eigenvalue weighted by molar-refractivity contribution is -0.849. The fourth-order valence-electron chi connectivity index (χ4n) is 0.807. The second kappa shape index (κ2) is 5.03. The van der Waals surface area contributed by atoms with Crippen LogP contribution in [0, 0.1) is 13.8 Å². The average molecular weight is 180 g/mol. The van der Waals surface area contributed by atoms with Gasteiger partial charge in [-0.15, -0.1) is 0 Å². The third kappa shape index (κ3) is 11.2. The molecule has 0 aromatic heterocycles. The van der Waals surface area contributed by atoms with Crippen molar-refractivity contribution in [3.63, 3.8) is 0 Å². The molecule has 0 saturated carbocycles. The van der Waals surface area contributed by atoms with Gasteiger partial charge in [0, 0.05) is 0 Å². The predicted molar refractivity (Wildman–Crippen MR) is 59.9 cm³/mol. The molecule has 0 aliphatic rings. The first kappa shape index (κ1) is 12.2. The number of hydrogen-bond donors (Lipinski definition) is 0. The van der Waals surface area contributed by atoms with Crippen LogP contribution < -0.4 is 0 Å². The van der Waals surface area contributed by atoms with Gasteiger partial charge in [-0.25, -0.2) is 0 Å². The van der Waals surface area contributed by atoms with E-state index in [1.165, 1.54) is 11.1 Å². The topological polar surface area (TPSA) is 0 Å². The van der Waals surface area contributed by atoms with Crippen molar-refractivity contribution in [3.8, 4) is 0 Å². The van der Waals surface area contributed by atoms with E-state index in [-0.39, 0.29) is 0 Å². The van der Waals surface area contributed by atoms with Crippen LogP contribution >= 0.6 is 0 Å². The smallest absolute Gasteiger partial charge is 0.0675 e. The number of aryl methyl sites for hydroxylation is 2. The van der Waals surface area contributed by atoms with Crippen LogP contribution in [0.5, 0.6) is 0 Å². The van der Waals surface area contributed by atoms with Crippen LogP contribution in [0.3, 0.4) is 0 Å². The molecule has 1 nitrogen and oxygen atoms in total. The fraction of sp³-hybridized carbons (Fsp3) is 0.500. The van der Waals surface area contributed by atoms with Crippen molar-refractivity contribution in [1.29, 1.82) is 0 Å². The van der Waals surface area contributed by atoms with Crippen LogP contribution in [0.25, 0.3) is 0 Å². The normalized spacial score (nSPS) is 10.3. The van der Waals surface area contributed by atoms with Gasteiger partial charge in [0.25, 0.3) is 0 Å². The highest BCUT2D eigenvalue weighted by Gasteiger charge is 1.88. The Labute approximate surface area is 82.6 Å². The van der Waals surface area contributed by atoms with E-state index in [0.717, 1.165) is 4.48 Å². The zero-order chi connectivity index (χ0) is 10.5. The van der Waals surface area contributed by atoms with Crippen LogP contribution in [-0.2, 0) is 0 Å². The Morgan fingerprint density at radius 2 is 1.15 bits per heavy atom. The lowest BCUT2D eigenvalue weighted by Gasteiger charge is -2.14. The lowest BCUT2D eigenvalue weighted by Crippen LogP contribution is -2.27. The quantitative estimate of drug-likeness (QED) is 0.538. The number of quaternary nitrogens is 1. The van der Waals surface area contributed by atoms with Crippen molar-refractivity contribution in [3.05, 3.63) is 35.4 Å². The molecule has 13 heavy (non-hydrogen) atoms. The molecular weight excluding hydrogens is 158 g/mol. The predicted octanol–water partition coefficient (Wildman–Crippen LogP) is 2.63. The van der Waals surface area contributed by atoms with E-state index in [1.807, 2.05) is 0 Å². The van der Waals surface area contributed by atoms with E-state index in [4.69, 9.17) is 0 Å². The Kier molecular flexibility index (Phi) is 4.71. The van der Waals surface area contributed by atoms with Gasteiger partial charge in [-0.3, -0.25) is 0 Å². The molecule has 0 heterocycles. The highest BCUT2D eigenvalue weighted by molar-refractivity contribution is 5.20. The number of hydrogen-bond acceptors (Lipinski definition) is 0. The van der Waals surface area contributed by atoms with Crippen LogP contribution in [0.15, 0.2) is 24.3 Å². The third-order valence-corrected chi connectivity index (χ3v) is 1.17. The Morgan fingerprint density at radius 3 is 1.31 bits per heavy atom. The summed E-state index contributed by atoms with van der Waals surface area (Å²) in [4.78, 5) is 0. The first-order valence-corrected chi connectivity index (χ1v) is 4.61. The van der Waals surface area contributed by atoms with Gasteiger partial charge in [0.05, 0.1) is 28.2 Å². The maximum atomic E-state index is 2.17. The van der Waals surface area contributed by atoms with Crippen molar-refractivity contribution in [2.75, 3.05) is 28.2 Å². The molecule has 0 bridgehead atoms. The minimum absolute atomic E-state index is 1.00. The summed E-state index contributed by atoms with van der Waals surface area (Å²) in [5.41, 5.74) is 2.68. The zero-order valence-corrected chi connectivity index (χ0v) is 9.76. The second-order valence-electron chi connectivity index (χ2n) is 4.84. The van der Waals surface area contributed by atoms with E-state index in [9.17, 15) is 0 Å². The lowest BCUT2D eigenvalue weighted by atomic mass is 10.2. The molecule has 0 N–H and O–H groups in total. The molecule has 0 unspecified atom stereocenters. The van der Waals surface area contributed by atoms with Crippen molar-refractivity contribution in [1.82, 2.24) is 0 Å². The number of rotatable bonds is 0. The van der Waals surface area contributed by atoms with Gasteiger partial charge in [-0.2, -0.15) is 0 Å². The van der Waals surface area contributed by atoms with Gasteiger partial charge >= 0.3 is 0 Å². The van der Waals surface area contributed by atoms with E-state index in [2.05, 4.69) is 66.3 Å². The standard InChI is InChI=1S/C8H10.C4H12N/c1-7-4-3-5-8(2)6-7;1-5(2,3)4/h3-6H,1-2H3;1-4H3/q;+1. The molecule has 1 aromatic rings. The molecule has 1 aromatic carbocycles. The zero-order valence-electron chi connectivity index (χ0n) is 9.76. The van der Waals surface area contributed by atoms with Crippen molar-refractivity contribution in [2.24, 2.45) is 0 Å². The fourth-order valence-corrected chi connectivity index (χ4v) is 0.807. The first-order valence-electron chi connectivity index (χ1n) is 4.61. The van der Waals surface area contributed by atoms with E-state index in [0.29, 0.717) is 0 Å². The van der Waals surface area contributed by atoms with Crippen LogP contribution in [-0.4, -0.2) is 32.7 Å². The molecule has 0 atom stereocenters. The van der Waals surface area contributed by atoms with E-state index < -0.39 is 0 Å². The molecule has 0 fully saturated rings. The number of benzene rings is 1. The summed E-state index contributed by atoms with van der Waals surface area (Å²) in [6, 6.07) is 8.45. The molecule has 0 radical (unpaired) electrons. The van der Waals surface area contributed by atoms with Crippen molar-refractivity contribution in [2.45, 2.75) is 13.8 Å². The summed E-state index contributed by atoms with van der Waals surface area (Å²) in [5, 5.41) is 0. The van der Waals surface area contributed by atoms with Gasteiger partial charge in [-0.1, -0.05) is 35.4 Å². The Balaban J connectivity index is 0.000000252. The highest BCUT2D eigenvalue weighted by Crippen LogP contribution is 2.00. The van der Waals surface area contributed by atoms with Gasteiger partial charge in [0.15, 0.2) is 0 Å². The van der Waals surface area contributed by atoms with Gasteiger partial charge in [0.2, 0.25) is 0 Å². The van der Waals surface area contributed by atoms with Crippen molar-refractivity contribution < 1.29 is 4.48 Å². The summed E-state index contributed by atoms with van der Waals surface area (Å²) in [5.74, 6) is 0. The molecule has 0 saturated heterocycles. The summed E-state index contributed by atoms with van der Waals surface area (Å²) >= 11 is 0. The summed E-state index contributed by atoms with van der Waals surface area (Å²) in [6.45, 7) is 4.21. The Morgan fingerprint density at radius 1 is 0.846 bits per heavy atom. The third-order valence-electron chi connectivity index (χ3n) is 1.17. The van der Waals surface area contributed by atoms with E-state index in [1.54, 1.807) is 0 Å². The molecule has 0 aliphatic heterocycles. The molecule has 1 rings (SSSR count). The Bertz CT molecular complexity index is 222. The first-order chi connectivity index (χ1) is 5.79. The molecule has 1 heteroatoms. The van der Waals surface area contributed by atoms with Crippen molar-refractivity contribution >= 4 is 0 Å². The summed E-state index contributed by atoms with van der Waals surface area (Å²) in [7, 11) is 8.50. The van der Waals surface area contributed by atoms with Crippen LogP contribution in [0.2, 0.25) is 0 Å². The average Bonchev–Trinajstić information content (AvgIpc) is 1.81. The maximum absolute atomic E-state index is 2.17.